The van der Waals surface area contributed by atoms with Gasteiger partial charge in [-0.2, -0.15) is 11.3 Å². The summed E-state index contributed by atoms with van der Waals surface area (Å²) in [6.07, 6.45) is 0. The maximum absolute atomic E-state index is 6.06. The predicted molar refractivity (Wildman–Crippen MR) is 117 cm³/mol. The van der Waals surface area contributed by atoms with Gasteiger partial charge in [-0.3, -0.25) is 9.89 Å². The molecule has 0 radical (unpaired) electrons. The highest BCUT2D eigenvalue weighted by molar-refractivity contribution is 14.0. The van der Waals surface area contributed by atoms with E-state index in [2.05, 4.69) is 64.9 Å². The Kier molecular flexibility index (Phi) is 9.31. The van der Waals surface area contributed by atoms with Gasteiger partial charge in [-0.1, -0.05) is 26.0 Å². The van der Waals surface area contributed by atoms with E-state index in [1.54, 1.807) is 11.3 Å². The summed E-state index contributed by atoms with van der Waals surface area (Å²) < 4.78 is 0. The van der Waals surface area contributed by atoms with E-state index in [1.165, 1.54) is 11.1 Å². The highest BCUT2D eigenvalue weighted by Gasteiger charge is 2.18. The fourth-order valence-corrected chi connectivity index (χ4v) is 3.36. The molecule has 0 fully saturated rings. The molecule has 0 aliphatic rings. The molecule has 1 aromatic heterocycles. The summed E-state index contributed by atoms with van der Waals surface area (Å²) in [6.45, 7) is 9.08. The molecule has 132 valence electrons. The smallest absolute Gasteiger partial charge is 0.193 e. The van der Waals surface area contributed by atoms with Crippen LogP contribution in [0.4, 0.5) is 5.69 Å². The number of anilines is 1. The first kappa shape index (κ1) is 20.9. The van der Waals surface area contributed by atoms with Crippen LogP contribution < -0.4 is 11.1 Å². The predicted octanol–water partition coefficient (Wildman–Crippen LogP) is 4.48. The van der Waals surface area contributed by atoms with Crippen molar-refractivity contribution in [1.29, 1.82) is 0 Å². The molecule has 0 spiro atoms. The molecular weight excluding hydrogens is 431 g/mol. The number of nitrogens with one attached hydrogen (secondary N) is 1. The maximum atomic E-state index is 6.06. The van der Waals surface area contributed by atoms with Crippen molar-refractivity contribution in [3.05, 3.63) is 52.2 Å². The Morgan fingerprint density at radius 2 is 2.04 bits per heavy atom. The zero-order valence-electron chi connectivity index (χ0n) is 14.5. The second-order valence-electron chi connectivity index (χ2n) is 5.51. The molecular formula is C18H27IN4S. The van der Waals surface area contributed by atoms with Crippen LogP contribution in [0.3, 0.4) is 0 Å². The Bertz CT molecular complexity index is 624. The molecule has 2 rings (SSSR count). The minimum atomic E-state index is 0. The first-order valence-electron chi connectivity index (χ1n) is 8.03. The monoisotopic (exact) mass is 458 g/mol. The third kappa shape index (κ3) is 6.07. The summed E-state index contributed by atoms with van der Waals surface area (Å²) >= 11 is 1.72. The van der Waals surface area contributed by atoms with E-state index in [0.29, 0.717) is 12.5 Å². The molecule has 1 unspecified atom stereocenters. The van der Waals surface area contributed by atoms with Gasteiger partial charge < -0.3 is 11.1 Å². The van der Waals surface area contributed by atoms with Crippen LogP contribution in [0.2, 0.25) is 0 Å². The van der Waals surface area contributed by atoms with Crippen LogP contribution in [0.1, 0.15) is 31.0 Å². The van der Waals surface area contributed by atoms with Crippen LogP contribution in [0.5, 0.6) is 0 Å². The summed E-state index contributed by atoms with van der Waals surface area (Å²) in [5.74, 6) is 0.461. The van der Waals surface area contributed by atoms with Crippen molar-refractivity contribution in [3.63, 3.8) is 0 Å². The number of nitrogens with zero attached hydrogens (tertiary/aromatic N) is 2. The Morgan fingerprint density at radius 1 is 1.29 bits per heavy atom. The standard InChI is InChI=1S/C18H26N4S.HI/c1-4-22(5-2)17(15-9-10-23-13-15)12-20-18(19)21-16-8-6-7-14(3)11-16;/h6-11,13,17H,4-5,12H2,1-3H3,(H3,19,20,21);1H. The van der Waals surface area contributed by atoms with Gasteiger partial charge in [-0.15, -0.1) is 24.0 Å². The number of aliphatic imine (C=N–C) groups is 1. The lowest BCUT2D eigenvalue weighted by Gasteiger charge is -2.28. The minimum absolute atomic E-state index is 0. The first-order valence-corrected chi connectivity index (χ1v) is 8.98. The highest BCUT2D eigenvalue weighted by Crippen LogP contribution is 2.23. The number of nitrogens with two attached hydrogens (primary N) is 1. The molecule has 1 atom stereocenters. The van der Waals surface area contributed by atoms with E-state index in [1.807, 2.05) is 12.1 Å². The molecule has 2 aromatic rings. The molecule has 0 aliphatic carbocycles. The van der Waals surface area contributed by atoms with Crippen LogP contribution >= 0.6 is 35.3 Å². The van der Waals surface area contributed by atoms with Crippen molar-refractivity contribution in [2.75, 3.05) is 25.0 Å². The number of rotatable bonds is 7. The number of benzene rings is 1. The van der Waals surface area contributed by atoms with E-state index in [9.17, 15) is 0 Å². The average Bonchev–Trinajstić information content (AvgIpc) is 3.05. The summed E-state index contributed by atoms with van der Waals surface area (Å²) in [5, 5.41) is 7.48. The second-order valence-corrected chi connectivity index (χ2v) is 6.29. The maximum Gasteiger partial charge on any atom is 0.193 e. The summed E-state index contributed by atoms with van der Waals surface area (Å²) in [4.78, 5) is 6.98. The fourth-order valence-electron chi connectivity index (χ4n) is 2.66. The lowest BCUT2D eigenvalue weighted by molar-refractivity contribution is 0.225. The van der Waals surface area contributed by atoms with Gasteiger partial charge in [-0.25, -0.2) is 0 Å². The zero-order chi connectivity index (χ0) is 16.7. The Morgan fingerprint density at radius 3 is 2.62 bits per heavy atom. The van der Waals surface area contributed by atoms with Gasteiger partial charge in [0.25, 0.3) is 0 Å². The Balaban J connectivity index is 0.00000288. The third-order valence-corrected chi connectivity index (χ3v) is 4.61. The average molecular weight is 458 g/mol. The molecule has 0 saturated heterocycles. The molecule has 0 bridgehead atoms. The molecule has 1 aromatic carbocycles. The topological polar surface area (TPSA) is 53.6 Å². The highest BCUT2D eigenvalue weighted by atomic mass is 127. The van der Waals surface area contributed by atoms with Crippen molar-refractivity contribution in [2.45, 2.75) is 26.8 Å². The minimum Gasteiger partial charge on any atom is -0.370 e. The largest absolute Gasteiger partial charge is 0.370 e. The van der Waals surface area contributed by atoms with E-state index in [-0.39, 0.29) is 30.0 Å². The number of guanidine groups is 1. The van der Waals surface area contributed by atoms with Crippen LogP contribution in [-0.2, 0) is 0 Å². The fraction of sp³-hybridized carbons (Fsp3) is 0.389. The van der Waals surface area contributed by atoms with Crippen LogP contribution in [0.15, 0.2) is 46.1 Å². The van der Waals surface area contributed by atoms with E-state index >= 15 is 0 Å². The van der Waals surface area contributed by atoms with Gasteiger partial charge in [-0.05, 0) is 60.1 Å². The van der Waals surface area contributed by atoms with Gasteiger partial charge >= 0.3 is 0 Å². The molecule has 0 aliphatic heterocycles. The second kappa shape index (κ2) is 10.7. The molecule has 24 heavy (non-hydrogen) atoms. The quantitative estimate of drug-likeness (QED) is 0.366. The van der Waals surface area contributed by atoms with Gasteiger partial charge in [0.05, 0.1) is 12.6 Å². The van der Waals surface area contributed by atoms with E-state index in [0.717, 1.165) is 18.8 Å². The number of hydrogen-bond donors (Lipinski definition) is 2. The third-order valence-electron chi connectivity index (χ3n) is 3.91. The van der Waals surface area contributed by atoms with Gasteiger partial charge in [0.2, 0.25) is 0 Å². The lowest BCUT2D eigenvalue weighted by atomic mass is 10.1. The summed E-state index contributed by atoms with van der Waals surface area (Å²) in [5.41, 5.74) is 9.54. The van der Waals surface area contributed by atoms with Gasteiger partial charge in [0.15, 0.2) is 5.96 Å². The Hall–Kier alpha value is -1.12. The van der Waals surface area contributed by atoms with Gasteiger partial charge in [0, 0.05) is 5.69 Å². The first-order chi connectivity index (χ1) is 11.1. The molecule has 0 amide bonds. The normalized spacial score (nSPS) is 12.8. The van der Waals surface area contributed by atoms with Crippen molar-refractivity contribution < 1.29 is 0 Å². The molecule has 0 saturated carbocycles. The molecule has 3 N–H and O–H groups in total. The number of aryl methyl sites for hydroxylation is 1. The van der Waals surface area contributed by atoms with Crippen molar-refractivity contribution in [1.82, 2.24) is 4.90 Å². The summed E-state index contributed by atoms with van der Waals surface area (Å²) in [7, 11) is 0. The van der Waals surface area contributed by atoms with Crippen LogP contribution in [0.25, 0.3) is 0 Å². The molecule has 1 heterocycles. The number of halogens is 1. The zero-order valence-corrected chi connectivity index (χ0v) is 17.7. The number of thiophene rings is 1. The van der Waals surface area contributed by atoms with E-state index < -0.39 is 0 Å². The van der Waals surface area contributed by atoms with Gasteiger partial charge in [0.1, 0.15) is 0 Å². The van der Waals surface area contributed by atoms with Crippen molar-refractivity contribution in [2.24, 2.45) is 10.7 Å². The van der Waals surface area contributed by atoms with E-state index in [4.69, 9.17) is 5.73 Å². The molecule has 6 heteroatoms. The SMILES string of the molecule is CCN(CC)C(CN=C(N)Nc1cccc(C)c1)c1ccsc1.I. The summed E-state index contributed by atoms with van der Waals surface area (Å²) in [6, 6.07) is 10.6. The van der Waals surface area contributed by atoms with Crippen LogP contribution in [-0.4, -0.2) is 30.5 Å². The molecule has 4 nitrogen and oxygen atoms in total. The lowest BCUT2D eigenvalue weighted by Crippen LogP contribution is -2.31. The van der Waals surface area contributed by atoms with Crippen LogP contribution in [0, 0.1) is 6.92 Å². The Labute approximate surface area is 166 Å². The van der Waals surface area contributed by atoms with Crippen molar-refractivity contribution in [3.8, 4) is 0 Å². The number of likely N-dealkylation sites (N-methyl/N-ethyl adjacent to an activating group) is 1. The number of hydrogen-bond acceptors (Lipinski definition) is 3. The van der Waals surface area contributed by atoms with Crippen molar-refractivity contribution >= 4 is 47.0 Å².